The minimum atomic E-state index is -3.61. The number of carbonyl (C=O) groups excluding carboxylic acids is 1. The van der Waals surface area contributed by atoms with E-state index >= 15 is 0 Å². The molecule has 0 aliphatic rings. The van der Waals surface area contributed by atoms with Crippen molar-refractivity contribution in [3.8, 4) is 11.3 Å². The third-order valence-corrected chi connectivity index (χ3v) is 5.57. The molecule has 2 aromatic carbocycles. The van der Waals surface area contributed by atoms with E-state index in [4.69, 9.17) is 4.74 Å². The minimum absolute atomic E-state index is 0.0565. The molecule has 0 aliphatic carbocycles. The van der Waals surface area contributed by atoms with Gasteiger partial charge in [-0.05, 0) is 38.1 Å². The number of sulfone groups is 1. The number of aromatic amines is 1. The fourth-order valence-electron chi connectivity index (χ4n) is 2.42. The average molecular weight is 371 g/mol. The Morgan fingerprint density at radius 2 is 1.58 bits per heavy atom. The molecule has 26 heavy (non-hydrogen) atoms. The first-order chi connectivity index (χ1) is 12.4. The van der Waals surface area contributed by atoms with Crippen molar-refractivity contribution in [2.24, 2.45) is 0 Å². The molecule has 0 saturated carbocycles. The van der Waals surface area contributed by atoms with Crippen molar-refractivity contribution < 1.29 is 17.9 Å². The van der Waals surface area contributed by atoms with E-state index < -0.39 is 15.8 Å². The number of aromatic nitrogens is 3. The molecule has 0 bridgehead atoms. The number of hydrogen-bond acceptors (Lipinski definition) is 6. The fraction of sp³-hybridized carbons (Fsp3) is 0.167. The number of nitrogens with zero attached hydrogens (tertiary/aromatic N) is 2. The second kappa shape index (κ2) is 7.09. The zero-order valence-corrected chi connectivity index (χ0v) is 15.1. The van der Waals surface area contributed by atoms with Crippen molar-refractivity contribution in [1.29, 1.82) is 0 Å². The summed E-state index contributed by atoms with van der Waals surface area (Å²) in [5, 5.41) is 10.2. The van der Waals surface area contributed by atoms with Gasteiger partial charge in [0.25, 0.3) is 0 Å². The topological polar surface area (TPSA) is 102 Å². The largest absolute Gasteiger partial charge is 0.461 e. The Morgan fingerprint density at radius 1 is 1.00 bits per heavy atom. The number of benzene rings is 2. The summed E-state index contributed by atoms with van der Waals surface area (Å²) in [6.45, 7) is 3.81. The second-order valence-electron chi connectivity index (χ2n) is 5.58. The number of carbonyl (C=O) groups is 1. The van der Waals surface area contributed by atoms with Crippen molar-refractivity contribution in [3.05, 3.63) is 59.8 Å². The van der Waals surface area contributed by atoms with Gasteiger partial charge in [0.1, 0.15) is 5.69 Å². The first-order valence-electron chi connectivity index (χ1n) is 7.93. The Bertz CT molecular complexity index is 1020. The number of nitrogens with one attached hydrogen (secondary N) is 1. The lowest BCUT2D eigenvalue weighted by molar-refractivity contribution is 0.0520. The van der Waals surface area contributed by atoms with Gasteiger partial charge in [-0.3, -0.25) is 0 Å². The van der Waals surface area contributed by atoms with Crippen molar-refractivity contribution in [1.82, 2.24) is 15.4 Å². The Kier molecular flexibility index (Phi) is 4.85. The van der Waals surface area contributed by atoms with Gasteiger partial charge in [0.2, 0.25) is 9.84 Å². The molecule has 134 valence electrons. The molecule has 0 spiro atoms. The van der Waals surface area contributed by atoms with E-state index in [0.29, 0.717) is 11.3 Å². The zero-order valence-electron chi connectivity index (χ0n) is 14.3. The molecular formula is C18H17N3O4S. The van der Waals surface area contributed by atoms with Crippen LogP contribution in [0.5, 0.6) is 0 Å². The molecule has 0 atom stereocenters. The summed E-state index contributed by atoms with van der Waals surface area (Å²) in [4.78, 5) is 12.3. The predicted octanol–water partition coefficient (Wildman–Crippen LogP) is 2.79. The van der Waals surface area contributed by atoms with E-state index in [2.05, 4.69) is 15.4 Å². The smallest absolute Gasteiger partial charge is 0.361 e. The van der Waals surface area contributed by atoms with Gasteiger partial charge in [-0.25, -0.2) is 13.2 Å². The monoisotopic (exact) mass is 371 g/mol. The molecule has 8 heteroatoms. The van der Waals surface area contributed by atoms with E-state index in [9.17, 15) is 13.2 Å². The lowest BCUT2D eigenvalue weighted by atomic mass is 10.1. The Morgan fingerprint density at radius 3 is 2.15 bits per heavy atom. The number of aryl methyl sites for hydroxylation is 1. The van der Waals surface area contributed by atoms with Crippen molar-refractivity contribution >= 4 is 15.8 Å². The lowest BCUT2D eigenvalue weighted by Gasteiger charge is -2.06. The van der Waals surface area contributed by atoms with Gasteiger partial charge in [-0.1, -0.05) is 29.8 Å². The molecule has 0 fully saturated rings. The maximum atomic E-state index is 12.7. The van der Waals surface area contributed by atoms with Gasteiger partial charge in [-0.15, -0.1) is 5.10 Å². The fourth-order valence-corrected chi connectivity index (χ4v) is 3.68. The van der Waals surface area contributed by atoms with Gasteiger partial charge in [0.05, 0.1) is 16.4 Å². The normalized spacial score (nSPS) is 11.3. The van der Waals surface area contributed by atoms with Crippen LogP contribution in [-0.4, -0.2) is 36.4 Å². The standard InChI is InChI=1S/C18H17N3O4S/c1-3-25-18(22)17-16(19-21-20-17)13-6-10-15(11-7-13)26(23,24)14-8-4-12(2)5-9-14/h4-11H,3H2,1-2H3,(H,19,20,21). The Labute approximate surface area is 150 Å². The number of hydrogen-bond donors (Lipinski definition) is 1. The van der Waals surface area contributed by atoms with E-state index in [1.54, 1.807) is 43.3 Å². The van der Waals surface area contributed by atoms with Gasteiger partial charge >= 0.3 is 5.97 Å². The molecule has 7 nitrogen and oxygen atoms in total. The number of esters is 1. The molecular weight excluding hydrogens is 354 g/mol. The maximum absolute atomic E-state index is 12.7. The van der Waals surface area contributed by atoms with E-state index in [1.165, 1.54) is 12.1 Å². The van der Waals surface area contributed by atoms with Crippen molar-refractivity contribution in [2.45, 2.75) is 23.6 Å². The highest BCUT2D eigenvalue weighted by molar-refractivity contribution is 7.91. The third kappa shape index (κ3) is 3.36. The van der Waals surface area contributed by atoms with Gasteiger partial charge < -0.3 is 4.74 Å². The second-order valence-corrected chi connectivity index (χ2v) is 7.53. The van der Waals surface area contributed by atoms with Crippen LogP contribution in [0.1, 0.15) is 23.0 Å². The molecule has 0 aliphatic heterocycles. The van der Waals surface area contributed by atoms with E-state index in [1.807, 2.05) is 6.92 Å². The maximum Gasteiger partial charge on any atom is 0.361 e. The summed E-state index contributed by atoms with van der Waals surface area (Å²) in [6, 6.07) is 12.8. The summed E-state index contributed by atoms with van der Waals surface area (Å²) in [6.07, 6.45) is 0. The lowest BCUT2D eigenvalue weighted by Crippen LogP contribution is -2.07. The third-order valence-electron chi connectivity index (χ3n) is 3.79. The van der Waals surface area contributed by atoms with E-state index in [0.717, 1.165) is 5.56 Å². The molecule has 0 saturated heterocycles. The average Bonchev–Trinajstić information content (AvgIpc) is 3.12. The first-order valence-corrected chi connectivity index (χ1v) is 9.42. The highest BCUT2D eigenvalue weighted by Crippen LogP contribution is 2.25. The highest BCUT2D eigenvalue weighted by Gasteiger charge is 2.21. The summed E-state index contributed by atoms with van der Waals surface area (Å²) in [7, 11) is -3.61. The van der Waals surface area contributed by atoms with Crippen LogP contribution in [0, 0.1) is 6.92 Å². The van der Waals surface area contributed by atoms with Gasteiger partial charge in [0, 0.05) is 5.56 Å². The zero-order chi connectivity index (χ0) is 18.7. The molecule has 3 rings (SSSR count). The Hall–Kier alpha value is -3.00. The predicted molar refractivity (Wildman–Crippen MR) is 94.4 cm³/mol. The molecule has 0 unspecified atom stereocenters. The van der Waals surface area contributed by atoms with Crippen LogP contribution in [-0.2, 0) is 14.6 Å². The molecule has 1 heterocycles. The van der Waals surface area contributed by atoms with Crippen LogP contribution in [0.4, 0.5) is 0 Å². The molecule has 0 amide bonds. The Balaban J connectivity index is 1.94. The molecule has 1 N–H and O–H groups in total. The summed E-state index contributed by atoms with van der Waals surface area (Å²) in [5.74, 6) is -0.590. The van der Waals surface area contributed by atoms with Crippen LogP contribution in [0.2, 0.25) is 0 Å². The minimum Gasteiger partial charge on any atom is -0.461 e. The van der Waals surface area contributed by atoms with Crippen LogP contribution < -0.4 is 0 Å². The number of H-pyrrole nitrogens is 1. The first kappa shape index (κ1) is 17.8. The van der Waals surface area contributed by atoms with Crippen LogP contribution >= 0.6 is 0 Å². The highest BCUT2D eigenvalue weighted by atomic mass is 32.2. The SMILES string of the molecule is CCOC(=O)c1n[nH]nc1-c1ccc(S(=O)(=O)c2ccc(C)cc2)cc1. The molecule has 0 radical (unpaired) electrons. The number of rotatable bonds is 5. The molecule has 3 aromatic rings. The number of ether oxygens (including phenoxy) is 1. The van der Waals surface area contributed by atoms with Crippen molar-refractivity contribution in [2.75, 3.05) is 6.61 Å². The quantitative estimate of drug-likeness (QED) is 0.692. The van der Waals surface area contributed by atoms with Crippen molar-refractivity contribution in [3.63, 3.8) is 0 Å². The van der Waals surface area contributed by atoms with Gasteiger partial charge in [-0.2, -0.15) is 10.3 Å². The van der Waals surface area contributed by atoms with Gasteiger partial charge in [0.15, 0.2) is 5.69 Å². The van der Waals surface area contributed by atoms with Crippen LogP contribution in [0.3, 0.4) is 0 Å². The summed E-state index contributed by atoms with van der Waals surface area (Å²) < 4.78 is 30.3. The van der Waals surface area contributed by atoms with Crippen LogP contribution in [0.25, 0.3) is 11.3 Å². The van der Waals surface area contributed by atoms with Crippen LogP contribution in [0.15, 0.2) is 58.3 Å². The summed E-state index contributed by atoms with van der Waals surface area (Å²) >= 11 is 0. The van der Waals surface area contributed by atoms with E-state index in [-0.39, 0.29) is 22.1 Å². The summed E-state index contributed by atoms with van der Waals surface area (Å²) in [5.41, 5.74) is 1.91. The molecule has 1 aromatic heterocycles.